The number of hydrogen-bond acceptors (Lipinski definition) is 2. The summed E-state index contributed by atoms with van der Waals surface area (Å²) in [6.07, 6.45) is 0. The minimum atomic E-state index is -3.37. The van der Waals surface area contributed by atoms with E-state index in [1.54, 1.807) is 20.8 Å². The molecule has 0 unspecified atom stereocenters. The standard InChI is InChI=1S/C12H18BrNO2S/c1-8-6-10(13)7-9(2)11(8)14-17(15,16)12(3,4)5/h6-7,14H,1-5H3. The number of benzene rings is 1. The summed E-state index contributed by atoms with van der Waals surface area (Å²) in [5.74, 6) is 0. The highest BCUT2D eigenvalue weighted by molar-refractivity contribution is 9.10. The molecule has 5 heteroatoms. The summed E-state index contributed by atoms with van der Waals surface area (Å²) in [6, 6.07) is 3.79. The van der Waals surface area contributed by atoms with Gasteiger partial charge in [0.1, 0.15) is 0 Å². The SMILES string of the molecule is Cc1cc(Br)cc(C)c1NS(=O)(=O)C(C)(C)C. The van der Waals surface area contributed by atoms with Gasteiger partial charge in [0.2, 0.25) is 10.0 Å². The average molecular weight is 320 g/mol. The van der Waals surface area contributed by atoms with Crippen molar-refractivity contribution in [1.82, 2.24) is 0 Å². The second-order valence-electron chi connectivity index (χ2n) is 5.13. The molecule has 0 radical (unpaired) electrons. The van der Waals surface area contributed by atoms with Gasteiger partial charge < -0.3 is 0 Å². The van der Waals surface area contributed by atoms with Gasteiger partial charge in [0.05, 0.1) is 10.4 Å². The summed E-state index contributed by atoms with van der Waals surface area (Å²) in [6.45, 7) is 8.81. The van der Waals surface area contributed by atoms with E-state index in [0.29, 0.717) is 5.69 Å². The van der Waals surface area contributed by atoms with Crippen molar-refractivity contribution < 1.29 is 8.42 Å². The van der Waals surface area contributed by atoms with E-state index in [2.05, 4.69) is 20.7 Å². The van der Waals surface area contributed by atoms with Crippen LogP contribution in [0.25, 0.3) is 0 Å². The topological polar surface area (TPSA) is 46.2 Å². The molecule has 0 heterocycles. The van der Waals surface area contributed by atoms with Crippen molar-refractivity contribution in [3.63, 3.8) is 0 Å². The van der Waals surface area contributed by atoms with Crippen LogP contribution in [0.4, 0.5) is 5.69 Å². The summed E-state index contributed by atoms with van der Waals surface area (Å²) in [5.41, 5.74) is 2.48. The van der Waals surface area contributed by atoms with E-state index in [9.17, 15) is 8.42 Å². The van der Waals surface area contributed by atoms with Gasteiger partial charge >= 0.3 is 0 Å². The summed E-state index contributed by atoms with van der Waals surface area (Å²) >= 11 is 3.39. The zero-order valence-electron chi connectivity index (χ0n) is 10.8. The minimum Gasteiger partial charge on any atom is -0.283 e. The van der Waals surface area contributed by atoms with Crippen LogP contribution in [0, 0.1) is 13.8 Å². The highest BCUT2D eigenvalue weighted by Crippen LogP contribution is 2.28. The molecule has 0 aromatic heterocycles. The highest BCUT2D eigenvalue weighted by atomic mass is 79.9. The van der Waals surface area contributed by atoms with Crippen LogP contribution in [0.3, 0.4) is 0 Å². The number of anilines is 1. The Balaban J connectivity index is 3.22. The molecular formula is C12H18BrNO2S. The van der Waals surface area contributed by atoms with Crippen LogP contribution in [-0.2, 0) is 10.0 Å². The Morgan fingerprint density at radius 2 is 1.53 bits per heavy atom. The molecule has 1 N–H and O–H groups in total. The Kier molecular flexibility index (Phi) is 3.94. The lowest BCUT2D eigenvalue weighted by atomic mass is 10.1. The average Bonchev–Trinajstić information content (AvgIpc) is 2.09. The van der Waals surface area contributed by atoms with Crippen molar-refractivity contribution in [2.45, 2.75) is 39.4 Å². The van der Waals surface area contributed by atoms with Crippen LogP contribution in [0.2, 0.25) is 0 Å². The van der Waals surface area contributed by atoms with Gasteiger partial charge in [-0.2, -0.15) is 0 Å². The fourth-order valence-corrected chi connectivity index (χ4v) is 2.94. The van der Waals surface area contributed by atoms with Gasteiger partial charge in [-0.3, -0.25) is 4.72 Å². The van der Waals surface area contributed by atoms with E-state index in [4.69, 9.17) is 0 Å². The molecule has 1 aromatic rings. The number of nitrogens with one attached hydrogen (secondary N) is 1. The van der Waals surface area contributed by atoms with Crippen LogP contribution in [0.1, 0.15) is 31.9 Å². The molecule has 1 aromatic carbocycles. The molecule has 1 rings (SSSR count). The van der Waals surface area contributed by atoms with E-state index in [-0.39, 0.29) is 0 Å². The quantitative estimate of drug-likeness (QED) is 0.905. The van der Waals surface area contributed by atoms with Crippen LogP contribution in [0.5, 0.6) is 0 Å². The number of hydrogen-bond donors (Lipinski definition) is 1. The molecule has 0 spiro atoms. The van der Waals surface area contributed by atoms with Crippen LogP contribution >= 0.6 is 15.9 Å². The number of aryl methyl sites for hydroxylation is 2. The van der Waals surface area contributed by atoms with Gasteiger partial charge in [-0.15, -0.1) is 0 Å². The smallest absolute Gasteiger partial charge is 0.237 e. The summed E-state index contributed by atoms with van der Waals surface area (Å²) in [4.78, 5) is 0. The number of halogens is 1. The molecule has 0 aliphatic carbocycles. The summed E-state index contributed by atoms with van der Waals surface area (Å²) in [7, 11) is -3.37. The minimum absolute atomic E-state index is 0.670. The van der Waals surface area contributed by atoms with E-state index in [1.165, 1.54) is 0 Å². The molecule has 96 valence electrons. The summed E-state index contributed by atoms with van der Waals surface area (Å²) < 4.78 is 27.0. The molecule has 0 bridgehead atoms. The Hall–Kier alpha value is -0.550. The zero-order valence-corrected chi connectivity index (χ0v) is 13.2. The molecule has 0 fully saturated rings. The largest absolute Gasteiger partial charge is 0.283 e. The Bertz CT molecular complexity index is 507. The predicted molar refractivity (Wildman–Crippen MR) is 75.9 cm³/mol. The normalized spacial score (nSPS) is 12.6. The maximum Gasteiger partial charge on any atom is 0.237 e. The van der Waals surface area contributed by atoms with Crippen molar-refractivity contribution in [2.75, 3.05) is 4.72 Å². The maximum atomic E-state index is 12.1. The van der Waals surface area contributed by atoms with E-state index < -0.39 is 14.8 Å². The maximum absolute atomic E-state index is 12.1. The highest BCUT2D eigenvalue weighted by Gasteiger charge is 2.29. The Morgan fingerprint density at radius 1 is 1.12 bits per heavy atom. The van der Waals surface area contributed by atoms with Crippen molar-refractivity contribution in [2.24, 2.45) is 0 Å². The molecule has 0 aliphatic heterocycles. The molecule has 17 heavy (non-hydrogen) atoms. The predicted octanol–water partition coefficient (Wildman–Crippen LogP) is 3.61. The Labute approximate surface area is 112 Å². The molecule has 0 saturated carbocycles. The second kappa shape index (κ2) is 4.61. The van der Waals surface area contributed by atoms with E-state index >= 15 is 0 Å². The lowest BCUT2D eigenvalue weighted by Gasteiger charge is -2.22. The first kappa shape index (κ1) is 14.5. The molecule has 0 amide bonds. The lowest BCUT2D eigenvalue weighted by molar-refractivity contribution is 0.566. The zero-order chi connectivity index (χ0) is 13.4. The first-order valence-corrected chi connectivity index (χ1v) is 7.61. The number of rotatable bonds is 2. The fourth-order valence-electron chi connectivity index (χ4n) is 1.36. The van der Waals surface area contributed by atoms with Crippen LogP contribution in [0.15, 0.2) is 16.6 Å². The lowest BCUT2D eigenvalue weighted by Crippen LogP contribution is -2.34. The van der Waals surface area contributed by atoms with Crippen LogP contribution in [-0.4, -0.2) is 13.2 Å². The van der Waals surface area contributed by atoms with Crippen LogP contribution < -0.4 is 4.72 Å². The fraction of sp³-hybridized carbons (Fsp3) is 0.500. The first-order chi connectivity index (χ1) is 7.54. The third kappa shape index (κ3) is 3.22. The second-order valence-corrected chi connectivity index (χ2v) is 8.48. The van der Waals surface area contributed by atoms with Gasteiger partial charge in [0, 0.05) is 4.47 Å². The molecule has 0 saturated heterocycles. The van der Waals surface area contributed by atoms with Gasteiger partial charge in [-0.05, 0) is 57.9 Å². The molecule has 0 aliphatic rings. The van der Waals surface area contributed by atoms with Gasteiger partial charge in [-0.25, -0.2) is 8.42 Å². The van der Waals surface area contributed by atoms with Gasteiger partial charge in [0.25, 0.3) is 0 Å². The van der Waals surface area contributed by atoms with Crippen molar-refractivity contribution in [1.29, 1.82) is 0 Å². The first-order valence-electron chi connectivity index (χ1n) is 5.34. The third-order valence-electron chi connectivity index (χ3n) is 2.54. The molecule has 3 nitrogen and oxygen atoms in total. The Morgan fingerprint density at radius 3 is 1.88 bits per heavy atom. The number of sulfonamides is 1. The van der Waals surface area contributed by atoms with E-state index in [0.717, 1.165) is 15.6 Å². The molecule has 0 atom stereocenters. The van der Waals surface area contributed by atoms with Gasteiger partial charge in [0.15, 0.2) is 0 Å². The van der Waals surface area contributed by atoms with Gasteiger partial charge in [-0.1, -0.05) is 15.9 Å². The summed E-state index contributed by atoms with van der Waals surface area (Å²) in [5, 5.41) is 0. The third-order valence-corrected chi connectivity index (χ3v) is 5.08. The molecular weight excluding hydrogens is 302 g/mol. The van der Waals surface area contributed by atoms with Crippen molar-refractivity contribution in [3.05, 3.63) is 27.7 Å². The van der Waals surface area contributed by atoms with E-state index in [1.807, 2.05) is 26.0 Å². The van der Waals surface area contributed by atoms with Crippen molar-refractivity contribution in [3.8, 4) is 0 Å². The van der Waals surface area contributed by atoms with Crippen molar-refractivity contribution >= 4 is 31.6 Å². The monoisotopic (exact) mass is 319 g/mol.